The fourth-order valence-corrected chi connectivity index (χ4v) is 3.69. The highest BCUT2D eigenvalue weighted by Gasteiger charge is 2.34. The Bertz CT molecular complexity index is 940. The van der Waals surface area contributed by atoms with E-state index in [9.17, 15) is 4.79 Å². The number of nitrogens with one attached hydrogen (secondary N) is 2. The largest absolute Gasteiger partial charge is 0.496 e. The molecule has 0 saturated carbocycles. The Labute approximate surface area is 159 Å². The highest BCUT2D eigenvalue weighted by atomic mass is 16.5. The number of hydrogen-bond donors (Lipinski definition) is 2. The molecule has 0 spiro atoms. The molecule has 0 fully saturated rings. The van der Waals surface area contributed by atoms with E-state index in [1.165, 1.54) is 0 Å². The molecule has 1 aliphatic rings. The van der Waals surface area contributed by atoms with E-state index >= 15 is 0 Å². The number of carbonyl (C=O) groups is 1. The topological polar surface area (TPSA) is 50.4 Å². The molecule has 1 heterocycles. The molecule has 2 N–H and O–H groups in total. The lowest BCUT2D eigenvalue weighted by molar-refractivity contribution is 0.0907. The number of carbonyl (C=O) groups excluding carboxylic acids is 1. The number of para-hydroxylation sites is 1. The van der Waals surface area contributed by atoms with E-state index in [-0.39, 0.29) is 18.0 Å². The van der Waals surface area contributed by atoms with Crippen LogP contribution in [0.5, 0.6) is 5.75 Å². The Morgan fingerprint density at radius 2 is 1.63 bits per heavy atom. The van der Waals surface area contributed by atoms with Crippen LogP contribution in [0.4, 0.5) is 0 Å². The Kier molecular flexibility index (Phi) is 4.90. The van der Waals surface area contributed by atoms with Gasteiger partial charge in [-0.3, -0.25) is 4.79 Å². The van der Waals surface area contributed by atoms with Crippen LogP contribution < -0.4 is 15.4 Å². The lowest BCUT2D eigenvalue weighted by atomic mass is 9.86. The van der Waals surface area contributed by atoms with E-state index in [0.717, 1.165) is 28.0 Å². The summed E-state index contributed by atoms with van der Waals surface area (Å²) in [4.78, 5) is 12.6. The van der Waals surface area contributed by atoms with Crippen molar-refractivity contribution >= 4 is 5.91 Å². The quantitative estimate of drug-likeness (QED) is 0.724. The van der Waals surface area contributed by atoms with Gasteiger partial charge in [0.1, 0.15) is 5.75 Å². The molecule has 1 amide bonds. The van der Waals surface area contributed by atoms with Crippen molar-refractivity contribution in [2.45, 2.75) is 18.6 Å². The van der Waals surface area contributed by atoms with Crippen molar-refractivity contribution in [3.05, 3.63) is 101 Å². The van der Waals surface area contributed by atoms with Gasteiger partial charge in [-0.2, -0.15) is 0 Å². The van der Waals surface area contributed by atoms with Crippen molar-refractivity contribution in [3.63, 3.8) is 0 Å². The molecule has 27 heavy (non-hydrogen) atoms. The molecule has 0 aliphatic carbocycles. The van der Waals surface area contributed by atoms with Gasteiger partial charge >= 0.3 is 0 Å². The van der Waals surface area contributed by atoms with Crippen molar-refractivity contribution in [2.24, 2.45) is 0 Å². The lowest BCUT2D eigenvalue weighted by Crippen LogP contribution is -2.43. The van der Waals surface area contributed by atoms with Crippen molar-refractivity contribution < 1.29 is 9.53 Å². The zero-order chi connectivity index (χ0) is 18.6. The van der Waals surface area contributed by atoms with E-state index in [1.54, 1.807) is 7.11 Å². The van der Waals surface area contributed by atoms with Crippen molar-refractivity contribution in [1.82, 2.24) is 10.6 Å². The number of rotatable bonds is 5. The zero-order valence-electron chi connectivity index (χ0n) is 15.2. The molecule has 4 nitrogen and oxygen atoms in total. The molecule has 4 rings (SSSR count). The summed E-state index contributed by atoms with van der Waals surface area (Å²) in [7, 11) is 1.68. The number of ether oxygens (including phenoxy) is 1. The summed E-state index contributed by atoms with van der Waals surface area (Å²) in [6.45, 7) is 0.641. The molecule has 1 aliphatic heterocycles. The predicted molar refractivity (Wildman–Crippen MR) is 106 cm³/mol. The average molecular weight is 358 g/mol. The molecule has 3 aromatic carbocycles. The minimum atomic E-state index is -0.136. The maximum atomic E-state index is 12.6. The summed E-state index contributed by atoms with van der Waals surface area (Å²) in [6, 6.07) is 25.7. The summed E-state index contributed by atoms with van der Waals surface area (Å²) < 4.78 is 5.47. The summed E-state index contributed by atoms with van der Waals surface area (Å²) in [5, 5.41) is 6.81. The number of fused-ring (bicyclic) bond motifs is 1. The Morgan fingerprint density at radius 1 is 0.926 bits per heavy atom. The lowest BCUT2D eigenvalue weighted by Gasteiger charge is -2.35. The Morgan fingerprint density at radius 3 is 2.44 bits per heavy atom. The molecule has 0 aromatic heterocycles. The third kappa shape index (κ3) is 3.44. The summed E-state index contributed by atoms with van der Waals surface area (Å²) >= 11 is 0. The van der Waals surface area contributed by atoms with Crippen molar-refractivity contribution in [3.8, 4) is 5.75 Å². The van der Waals surface area contributed by atoms with Crippen LogP contribution in [0.1, 0.15) is 39.1 Å². The third-order valence-corrected chi connectivity index (χ3v) is 5.02. The second kappa shape index (κ2) is 7.64. The summed E-state index contributed by atoms with van der Waals surface area (Å²) in [6.07, 6.45) is 0. The fourth-order valence-electron chi connectivity index (χ4n) is 3.69. The normalized spacial score (nSPS) is 18.5. The monoisotopic (exact) mass is 358 g/mol. The van der Waals surface area contributed by atoms with Gasteiger partial charge in [-0.1, -0.05) is 66.7 Å². The Hall–Kier alpha value is -3.11. The van der Waals surface area contributed by atoms with Crippen LogP contribution in [0.2, 0.25) is 0 Å². The minimum Gasteiger partial charge on any atom is -0.496 e. The number of methoxy groups -OCH3 is 1. The summed E-state index contributed by atoms with van der Waals surface area (Å²) in [5.74, 6) is 0.823. The first-order chi connectivity index (χ1) is 13.3. The van der Waals surface area contributed by atoms with Gasteiger partial charge in [0.15, 0.2) is 0 Å². The maximum Gasteiger partial charge on any atom is 0.252 e. The second-order valence-corrected chi connectivity index (χ2v) is 6.62. The van der Waals surface area contributed by atoms with Crippen molar-refractivity contribution in [1.29, 1.82) is 0 Å². The number of benzene rings is 3. The van der Waals surface area contributed by atoms with Crippen LogP contribution in [0.25, 0.3) is 0 Å². The number of amides is 1. The Balaban J connectivity index is 1.69. The van der Waals surface area contributed by atoms with Crippen LogP contribution in [0.3, 0.4) is 0 Å². The van der Waals surface area contributed by atoms with E-state index in [2.05, 4.69) is 28.8 Å². The van der Waals surface area contributed by atoms with Crippen LogP contribution in [-0.2, 0) is 6.54 Å². The highest BCUT2D eigenvalue weighted by Crippen LogP contribution is 2.35. The third-order valence-electron chi connectivity index (χ3n) is 5.02. The van der Waals surface area contributed by atoms with Gasteiger partial charge in [0.05, 0.1) is 19.2 Å². The van der Waals surface area contributed by atoms with Gasteiger partial charge in [-0.15, -0.1) is 0 Å². The molecule has 2 unspecified atom stereocenters. The van der Waals surface area contributed by atoms with Crippen LogP contribution in [-0.4, -0.2) is 13.0 Å². The van der Waals surface area contributed by atoms with Gasteiger partial charge in [-0.25, -0.2) is 0 Å². The summed E-state index contributed by atoms with van der Waals surface area (Å²) in [5.41, 5.74) is 3.91. The molecule has 0 radical (unpaired) electrons. The molecule has 136 valence electrons. The SMILES string of the molecule is COc1ccccc1CNC1c2ccccc2C(=O)NC1c1ccccc1. The minimum absolute atomic E-state index is 0.0326. The van der Waals surface area contributed by atoms with E-state index < -0.39 is 0 Å². The first kappa shape index (κ1) is 17.3. The van der Waals surface area contributed by atoms with E-state index in [0.29, 0.717) is 6.54 Å². The number of hydrogen-bond acceptors (Lipinski definition) is 3. The van der Waals surface area contributed by atoms with Crippen LogP contribution >= 0.6 is 0 Å². The van der Waals surface area contributed by atoms with Gasteiger partial charge in [0, 0.05) is 17.7 Å². The molecular formula is C23H22N2O2. The molecular weight excluding hydrogens is 336 g/mol. The van der Waals surface area contributed by atoms with Gasteiger partial charge in [0.25, 0.3) is 5.91 Å². The molecule has 4 heteroatoms. The molecule has 2 atom stereocenters. The zero-order valence-corrected chi connectivity index (χ0v) is 15.2. The smallest absolute Gasteiger partial charge is 0.252 e. The van der Waals surface area contributed by atoms with Crippen LogP contribution in [0, 0.1) is 0 Å². The highest BCUT2D eigenvalue weighted by molar-refractivity contribution is 5.97. The first-order valence-corrected chi connectivity index (χ1v) is 9.08. The van der Waals surface area contributed by atoms with Gasteiger partial charge in [0.2, 0.25) is 0 Å². The second-order valence-electron chi connectivity index (χ2n) is 6.62. The van der Waals surface area contributed by atoms with E-state index in [1.807, 2.05) is 60.7 Å². The van der Waals surface area contributed by atoms with Crippen LogP contribution in [0.15, 0.2) is 78.9 Å². The molecule has 0 saturated heterocycles. The van der Waals surface area contributed by atoms with Gasteiger partial charge in [-0.05, 0) is 23.3 Å². The standard InChI is InChI=1S/C23H22N2O2/c1-27-20-14-8-5-11-17(20)15-24-22-18-12-6-7-13-19(18)23(26)25-21(22)16-9-3-2-4-10-16/h2-14,21-22,24H,15H2,1H3,(H,25,26). The molecule has 0 bridgehead atoms. The first-order valence-electron chi connectivity index (χ1n) is 9.08. The van der Waals surface area contributed by atoms with Crippen molar-refractivity contribution in [2.75, 3.05) is 7.11 Å². The van der Waals surface area contributed by atoms with E-state index in [4.69, 9.17) is 4.74 Å². The molecule has 3 aromatic rings. The maximum absolute atomic E-state index is 12.6. The predicted octanol–water partition coefficient (Wildman–Crippen LogP) is 4.01. The van der Waals surface area contributed by atoms with Gasteiger partial charge < -0.3 is 15.4 Å². The average Bonchev–Trinajstić information content (AvgIpc) is 2.74. The fraction of sp³-hybridized carbons (Fsp3) is 0.174.